The molecule has 7 nitrogen and oxygen atoms in total. The highest BCUT2D eigenvalue weighted by Crippen LogP contribution is 2.43. The number of hydrogen-bond donors (Lipinski definition) is 0. The summed E-state index contributed by atoms with van der Waals surface area (Å²) in [5, 5.41) is 11.2. The largest absolute Gasteiger partial charge is 0.484 e. The summed E-state index contributed by atoms with van der Waals surface area (Å²) in [6, 6.07) is 25.4. The van der Waals surface area contributed by atoms with Crippen molar-refractivity contribution in [2.24, 2.45) is 0 Å². The molecule has 0 fully saturated rings. The smallest absolute Gasteiger partial charge is 0.265 e. The molecule has 5 rings (SSSR count). The van der Waals surface area contributed by atoms with E-state index in [1.807, 2.05) is 59.5 Å². The van der Waals surface area contributed by atoms with E-state index in [-0.39, 0.29) is 18.6 Å². The van der Waals surface area contributed by atoms with E-state index < -0.39 is 0 Å². The summed E-state index contributed by atoms with van der Waals surface area (Å²) >= 11 is 1.77. The summed E-state index contributed by atoms with van der Waals surface area (Å²) < 4.78 is 7.42. The number of anilines is 1. The third kappa shape index (κ3) is 4.02. The summed E-state index contributed by atoms with van der Waals surface area (Å²) in [5.74, 6) is 1.29. The number of hydrogen-bond acceptors (Lipinski definition) is 6. The molecule has 31 heavy (non-hydrogen) atoms. The van der Waals surface area contributed by atoms with E-state index in [4.69, 9.17) is 4.74 Å². The van der Waals surface area contributed by atoms with Gasteiger partial charge in [-0.3, -0.25) is 9.69 Å². The quantitative estimate of drug-likeness (QED) is 0.479. The minimum Gasteiger partial charge on any atom is -0.484 e. The number of ether oxygens (including phenoxy) is 1. The highest BCUT2D eigenvalue weighted by molar-refractivity contribution is 7.99. The molecule has 0 spiro atoms. The summed E-state index contributed by atoms with van der Waals surface area (Å²) in [5.41, 5.74) is 2.79. The van der Waals surface area contributed by atoms with Crippen molar-refractivity contribution < 1.29 is 9.53 Å². The number of rotatable bonds is 5. The van der Waals surface area contributed by atoms with E-state index in [1.54, 1.807) is 17.8 Å². The van der Waals surface area contributed by atoms with Gasteiger partial charge in [0.25, 0.3) is 5.91 Å². The molecule has 0 saturated carbocycles. The van der Waals surface area contributed by atoms with Gasteiger partial charge in [0.2, 0.25) is 0 Å². The number of benzene rings is 3. The first-order valence-corrected chi connectivity index (χ1v) is 10.8. The second-order valence-electron chi connectivity index (χ2n) is 7.01. The van der Waals surface area contributed by atoms with Crippen LogP contribution in [-0.2, 0) is 4.79 Å². The highest BCUT2D eigenvalue weighted by atomic mass is 32.2. The Morgan fingerprint density at radius 2 is 1.87 bits per heavy atom. The molecule has 3 aromatic carbocycles. The van der Waals surface area contributed by atoms with Crippen molar-refractivity contribution >= 4 is 23.4 Å². The topological polar surface area (TPSA) is 73.1 Å². The predicted octanol–water partition coefficient (Wildman–Crippen LogP) is 3.92. The Morgan fingerprint density at radius 3 is 2.71 bits per heavy atom. The monoisotopic (exact) mass is 429 g/mol. The molecule has 0 bridgehead atoms. The van der Waals surface area contributed by atoms with Crippen molar-refractivity contribution in [3.05, 3.63) is 90.8 Å². The maximum atomic E-state index is 13.4. The predicted molar refractivity (Wildman–Crippen MR) is 118 cm³/mol. The molecule has 1 atom stereocenters. The number of carbonyl (C=O) groups excluding carboxylic acids is 1. The van der Waals surface area contributed by atoms with E-state index in [1.165, 1.54) is 11.0 Å². The van der Waals surface area contributed by atoms with Crippen molar-refractivity contribution in [3.63, 3.8) is 0 Å². The zero-order valence-electron chi connectivity index (χ0n) is 16.5. The summed E-state index contributed by atoms with van der Waals surface area (Å²) in [7, 11) is 0. The molecule has 0 N–H and O–H groups in total. The summed E-state index contributed by atoms with van der Waals surface area (Å²) in [6.45, 7) is -0.0681. The third-order valence-corrected chi connectivity index (χ3v) is 6.22. The average Bonchev–Trinajstić information content (AvgIpc) is 3.38. The lowest BCUT2D eigenvalue weighted by molar-refractivity contribution is -0.121. The van der Waals surface area contributed by atoms with Crippen LogP contribution in [0.1, 0.15) is 11.6 Å². The normalized spacial score (nSPS) is 15.4. The standard InChI is InChI=1S/C23H19N5O2S/c29-23(14-30-19-10-6-9-18(13-19)27-16-24-25-26-27)28-20-11-4-5-12-22(20)31-15-21(28)17-7-2-1-3-8-17/h1-13,16,21H,14-15H2. The lowest BCUT2D eigenvalue weighted by Crippen LogP contribution is -2.41. The van der Waals surface area contributed by atoms with Gasteiger partial charge in [-0.05, 0) is 40.3 Å². The van der Waals surface area contributed by atoms with Crippen LogP contribution in [-0.4, -0.2) is 38.5 Å². The molecule has 8 heteroatoms. The maximum Gasteiger partial charge on any atom is 0.265 e. The molecule has 1 amide bonds. The molecule has 0 radical (unpaired) electrons. The molecule has 4 aromatic rings. The van der Waals surface area contributed by atoms with Gasteiger partial charge in [0.1, 0.15) is 12.1 Å². The zero-order chi connectivity index (χ0) is 21.0. The number of nitrogens with zero attached hydrogens (tertiary/aromatic N) is 5. The van der Waals surface area contributed by atoms with Crippen LogP contribution in [0.25, 0.3) is 5.69 Å². The average molecular weight is 430 g/mol. The van der Waals surface area contributed by atoms with Gasteiger partial charge in [-0.15, -0.1) is 16.9 Å². The SMILES string of the molecule is O=C(COc1cccc(-n2cnnn2)c1)N1c2ccccc2SCC1c1ccccc1. The first-order valence-electron chi connectivity index (χ1n) is 9.85. The van der Waals surface area contributed by atoms with Gasteiger partial charge in [-0.1, -0.05) is 48.5 Å². The minimum absolute atomic E-state index is 0.0512. The highest BCUT2D eigenvalue weighted by Gasteiger charge is 2.32. The number of thioether (sulfide) groups is 1. The zero-order valence-corrected chi connectivity index (χ0v) is 17.4. The van der Waals surface area contributed by atoms with Crippen molar-refractivity contribution in [1.82, 2.24) is 20.2 Å². The fourth-order valence-electron chi connectivity index (χ4n) is 3.63. The van der Waals surface area contributed by atoms with Crippen LogP contribution in [0.15, 0.2) is 90.1 Å². The lowest BCUT2D eigenvalue weighted by atomic mass is 10.1. The fraction of sp³-hybridized carbons (Fsp3) is 0.130. The van der Waals surface area contributed by atoms with Crippen LogP contribution in [0.4, 0.5) is 5.69 Å². The van der Waals surface area contributed by atoms with E-state index in [0.29, 0.717) is 5.75 Å². The molecule has 154 valence electrons. The van der Waals surface area contributed by atoms with Crippen molar-refractivity contribution in [2.75, 3.05) is 17.3 Å². The minimum atomic E-state index is -0.0885. The molecule has 2 heterocycles. The maximum absolute atomic E-state index is 13.4. The Balaban J connectivity index is 1.39. The van der Waals surface area contributed by atoms with Crippen LogP contribution >= 0.6 is 11.8 Å². The summed E-state index contributed by atoms with van der Waals surface area (Å²) in [6.07, 6.45) is 1.51. The Kier molecular flexibility index (Phi) is 5.37. The lowest BCUT2D eigenvalue weighted by Gasteiger charge is -2.37. The fourth-order valence-corrected chi connectivity index (χ4v) is 4.80. The molecule has 0 aliphatic carbocycles. The first-order chi connectivity index (χ1) is 15.3. The molecule has 1 aliphatic rings. The Morgan fingerprint density at radius 1 is 1.03 bits per heavy atom. The van der Waals surface area contributed by atoms with Gasteiger partial charge in [0, 0.05) is 16.7 Å². The summed E-state index contributed by atoms with van der Waals surface area (Å²) in [4.78, 5) is 16.4. The van der Waals surface area contributed by atoms with E-state index in [9.17, 15) is 4.79 Å². The molecular formula is C23H19N5O2S. The first kappa shape index (κ1) is 19.3. The van der Waals surface area contributed by atoms with Crippen LogP contribution in [0.2, 0.25) is 0 Å². The molecule has 1 aliphatic heterocycles. The molecule has 1 aromatic heterocycles. The second kappa shape index (κ2) is 8.61. The number of aromatic nitrogens is 4. The Bertz CT molecular complexity index is 1180. The Hall–Kier alpha value is -3.65. The van der Waals surface area contributed by atoms with Gasteiger partial charge in [-0.2, -0.15) is 0 Å². The van der Waals surface area contributed by atoms with Crippen molar-refractivity contribution in [3.8, 4) is 11.4 Å². The Labute approximate surface area is 183 Å². The van der Waals surface area contributed by atoms with E-state index in [0.717, 1.165) is 27.6 Å². The van der Waals surface area contributed by atoms with Crippen molar-refractivity contribution in [1.29, 1.82) is 0 Å². The number of amides is 1. The van der Waals surface area contributed by atoms with Gasteiger partial charge in [0.05, 0.1) is 17.4 Å². The van der Waals surface area contributed by atoms with Crippen LogP contribution in [0, 0.1) is 0 Å². The van der Waals surface area contributed by atoms with Gasteiger partial charge in [0.15, 0.2) is 6.61 Å². The number of tetrazole rings is 1. The van der Waals surface area contributed by atoms with Gasteiger partial charge >= 0.3 is 0 Å². The van der Waals surface area contributed by atoms with Crippen LogP contribution < -0.4 is 9.64 Å². The van der Waals surface area contributed by atoms with Crippen LogP contribution in [0.3, 0.4) is 0 Å². The number of carbonyl (C=O) groups is 1. The third-order valence-electron chi connectivity index (χ3n) is 5.08. The molecule has 0 saturated heterocycles. The number of para-hydroxylation sites is 1. The van der Waals surface area contributed by atoms with Crippen molar-refractivity contribution in [2.45, 2.75) is 10.9 Å². The molecule has 1 unspecified atom stereocenters. The molecular weight excluding hydrogens is 410 g/mol. The second-order valence-corrected chi connectivity index (χ2v) is 8.07. The number of fused-ring (bicyclic) bond motifs is 1. The van der Waals surface area contributed by atoms with E-state index in [2.05, 4.69) is 33.7 Å². The van der Waals surface area contributed by atoms with Crippen LogP contribution in [0.5, 0.6) is 5.75 Å². The van der Waals surface area contributed by atoms with E-state index >= 15 is 0 Å². The van der Waals surface area contributed by atoms with Gasteiger partial charge < -0.3 is 4.74 Å². The van der Waals surface area contributed by atoms with Gasteiger partial charge in [-0.25, -0.2) is 4.68 Å².